The number of aryl methyl sites for hydroxylation is 1. The van der Waals surface area contributed by atoms with Crippen molar-refractivity contribution < 1.29 is 0 Å². The van der Waals surface area contributed by atoms with Crippen molar-refractivity contribution in [3.63, 3.8) is 0 Å². The van der Waals surface area contributed by atoms with Crippen LogP contribution in [0.5, 0.6) is 0 Å². The second kappa shape index (κ2) is 18.9. The van der Waals surface area contributed by atoms with Crippen LogP contribution in [-0.2, 0) is 19.3 Å². The molecule has 406 valence electrons. The van der Waals surface area contributed by atoms with E-state index in [9.17, 15) is 0 Å². The number of thioether (sulfide) groups is 2. The van der Waals surface area contributed by atoms with Gasteiger partial charge in [-0.15, -0.1) is 46.2 Å². The smallest absolute Gasteiger partial charge is 0.0681 e. The number of benzene rings is 1. The molecule has 1 aromatic carbocycles. The van der Waals surface area contributed by atoms with Gasteiger partial charge in [-0.2, -0.15) is 0 Å². The Balaban J connectivity index is 0.863. The van der Waals surface area contributed by atoms with Crippen molar-refractivity contribution in [1.82, 2.24) is 9.80 Å². The minimum Gasteiger partial charge on any atom is -0.340 e. The third-order valence-corrected chi connectivity index (χ3v) is 29.7. The fourth-order valence-electron chi connectivity index (χ4n) is 20.3. The molecule has 2 aromatic heterocycles. The van der Waals surface area contributed by atoms with E-state index in [1.807, 2.05) is 38.3 Å². The molecule has 78 heavy (non-hydrogen) atoms. The molecule has 3 aromatic rings. The predicted molar refractivity (Wildman–Crippen MR) is 334 cm³/mol. The van der Waals surface area contributed by atoms with E-state index >= 15 is 0 Å². The summed E-state index contributed by atoms with van der Waals surface area (Å²) >= 11 is 9.16. The van der Waals surface area contributed by atoms with Gasteiger partial charge in [0.2, 0.25) is 0 Å². The molecule has 2 aliphatic heterocycles. The minimum absolute atomic E-state index is 0.282. The first-order chi connectivity index (χ1) is 38.3. The zero-order valence-electron chi connectivity index (χ0n) is 47.4. The summed E-state index contributed by atoms with van der Waals surface area (Å²) in [6.45, 7) is 10.7. The molecule has 0 N–H and O–H groups in total. The molecule has 12 atom stereocenters. The van der Waals surface area contributed by atoms with Crippen molar-refractivity contribution in [3.8, 4) is 0 Å². The Labute approximate surface area is 484 Å². The first kappa shape index (κ1) is 49.4. The molecular formula is C72H84N2S4. The van der Waals surface area contributed by atoms with Crippen molar-refractivity contribution in [1.29, 1.82) is 0 Å². The summed E-state index contributed by atoms with van der Waals surface area (Å²) in [6, 6.07) is 10.4. The molecule has 3 fully saturated rings. The average Bonchev–Trinajstić information content (AvgIpc) is 4.18. The highest BCUT2D eigenvalue weighted by Crippen LogP contribution is 2.68. The molecule has 4 heterocycles. The molecule has 0 bridgehead atoms. The summed E-state index contributed by atoms with van der Waals surface area (Å²) in [5.74, 6) is 5.20. The highest BCUT2D eigenvalue weighted by Gasteiger charge is 2.59. The van der Waals surface area contributed by atoms with Crippen LogP contribution in [0.3, 0.4) is 0 Å². The molecule has 12 aliphatic carbocycles. The van der Waals surface area contributed by atoms with Gasteiger partial charge in [0.15, 0.2) is 0 Å². The quantitative estimate of drug-likeness (QED) is 0.218. The highest BCUT2D eigenvalue weighted by molar-refractivity contribution is 8.04. The van der Waals surface area contributed by atoms with Gasteiger partial charge in [-0.25, -0.2) is 0 Å². The number of fused-ring (bicyclic) bond motifs is 11. The lowest BCUT2D eigenvalue weighted by atomic mass is 9.47. The summed E-state index contributed by atoms with van der Waals surface area (Å²) < 4.78 is 1.51. The van der Waals surface area contributed by atoms with Gasteiger partial charge in [0.25, 0.3) is 0 Å². The van der Waals surface area contributed by atoms with E-state index in [2.05, 4.69) is 150 Å². The zero-order valence-corrected chi connectivity index (χ0v) is 50.6. The second-order valence-corrected chi connectivity index (χ2v) is 32.9. The van der Waals surface area contributed by atoms with Gasteiger partial charge in [0, 0.05) is 48.8 Å². The van der Waals surface area contributed by atoms with E-state index in [1.54, 1.807) is 59.5 Å². The SMILES string of the molecule is CC(C)C1CC(N(C2=CC=CC3C2SC2CCCCC23)C2CCCc3c2sc2ccccc32)=C2CC3C4=C(CCC3(C)C)CC(N(C3=CCCc5c3sc3c5CCC=C3)C3=CCCC5C6=C(CCCC6)SC35)C3CCC1=C2C43. The number of nitrogens with zero attached hydrogens (tertiary/aromatic N) is 2. The van der Waals surface area contributed by atoms with E-state index in [1.165, 1.54) is 159 Å². The van der Waals surface area contributed by atoms with Gasteiger partial charge in [0.1, 0.15) is 0 Å². The summed E-state index contributed by atoms with van der Waals surface area (Å²) in [7, 11) is 0. The minimum atomic E-state index is 0.282. The van der Waals surface area contributed by atoms with Gasteiger partial charge < -0.3 is 9.80 Å². The third-order valence-electron chi connectivity index (χ3n) is 23.8. The van der Waals surface area contributed by atoms with Gasteiger partial charge in [-0.1, -0.05) is 111 Å². The Bertz CT molecular complexity index is 3330. The van der Waals surface area contributed by atoms with Crippen LogP contribution in [0.4, 0.5) is 0 Å². The normalized spacial score (nSPS) is 35.8. The molecule has 6 heteroatoms. The molecule has 1 saturated heterocycles. The standard InChI is InChI=1S/C72H84N2S4/c1-40(2)52-39-60(74(57-27-15-23-49-44-19-7-11-31-63(44)77-70(49)57)58-28-16-24-50-45-20-8-12-32-64(45)78-71(50)58)53-38-54-65-41(35-36-72(54,3)4)37-59(51-34-33-46(52)66(53)67(51)65)73(55-25-13-21-47-42-17-5-9-29-61(42)75-68(47)55)56-26-14-22-48-43-18-6-10-30-62(43)76-69(48)56/h7,9,11,16,19,24-26,28-29,31,40,45,48,50-52,54,57,59,64,67,69,71H,5-6,8,10,12-15,17-18,20-23,27,30,32-39H2,1-4H3. The second-order valence-electron chi connectivity index (χ2n) is 28.2. The Hall–Kier alpha value is -3.16. The fourth-order valence-corrected chi connectivity index (χ4v) is 26.8. The Morgan fingerprint density at radius 1 is 0.718 bits per heavy atom. The first-order valence-corrected chi connectivity index (χ1v) is 35.6. The molecule has 2 saturated carbocycles. The van der Waals surface area contributed by atoms with Crippen molar-refractivity contribution in [2.75, 3.05) is 0 Å². The maximum atomic E-state index is 3.23. The summed E-state index contributed by atoms with van der Waals surface area (Å²) in [6.07, 6.45) is 50.1. The number of rotatable bonds is 7. The molecule has 0 amide bonds. The van der Waals surface area contributed by atoms with Crippen LogP contribution in [0.1, 0.15) is 200 Å². The Kier molecular flexibility index (Phi) is 12.0. The molecule has 14 aliphatic rings. The van der Waals surface area contributed by atoms with Gasteiger partial charge in [-0.3, -0.25) is 0 Å². The lowest BCUT2D eigenvalue weighted by molar-refractivity contribution is 0.106. The Morgan fingerprint density at radius 3 is 2.55 bits per heavy atom. The van der Waals surface area contributed by atoms with Gasteiger partial charge in [-0.05, 0) is 244 Å². The van der Waals surface area contributed by atoms with Crippen molar-refractivity contribution in [2.24, 2.45) is 52.8 Å². The fraction of sp³-hybridized carbons (Fsp3) is 0.583. The van der Waals surface area contributed by atoms with Crippen molar-refractivity contribution >= 4 is 68.1 Å². The zero-order chi connectivity index (χ0) is 51.7. The van der Waals surface area contributed by atoms with Crippen LogP contribution in [-0.4, -0.2) is 31.6 Å². The maximum Gasteiger partial charge on any atom is 0.0681 e. The number of hydrogen-bond acceptors (Lipinski definition) is 6. The summed E-state index contributed by atoms with van der Waals surface area (Å²) in [5.41, 5.74) is 23.8. The van der Waals surface area contributed by atoms with Gasteiger partial charge in [0.05, 0.1) is 27.1 Å². The van der Waals surface area contributed by atoms with E-state index in [0.29, 0.717) is 58.1 Å². The highest BCUT2D eigenvalue weighted by atomic mass is 32.2. The van der Waals surface area contributed by atoms with Crippen LogP contribution < -0.4 is 0 Å². The lowest BCUT2D eigenvalue weighted by Crippen LogP contribution is -2.54. The van der Waals surface area contributed by atoms with Crippen LogP contribution >= 0.6 is 46.2 Å². The molecular weight excluding hydrogens is 1020 g/mol. The monoisotopic (exact) mass is 1100 g/mol. The van der Waals surface area contributed by atoms with Crippen molar-refractivity contribution in [2.45, 2.75) is 210 Å². The number of allylic oxidation sites excluding steroid dienone is 13. The first-order valence-electron chi connectivity index (χ1n) is 32.2. The average molecular weight is 1110 g/mol. The topological polar surface area (TPSA) is 6.48 Å². The summed E-state index contributed by atoms with van der Waals surface area (Å²) in [5, 5.41) is 3.49. The van der Waals surface area contributed by atoms with E-state index in [0.717, 1.165) is 17.1 Å². The number of hydrogen-bond donors (Lipinski definition) is 0. The molecule has 0 radical (unpaired) electrons. The van der Waals surface area contributed by atoms with Crippen LogP contribution in [0.25, 0.3) is 21.9 Å². The van der Waals surface area contributed by atoms with E-state index < -0.39 is 0 Å². The maximum absolute atomic E-state index is 3.23. The van der Waals surface area contributed by atoms with Crippen LogP contribution in [0.15, 0.2) is 116 Å². The molecule has 0 spiro atoms. The molecule has 2 nitrogen and oxygen atoms in total. The van der Waals surface area contributed by atoms with E-state index in [4.69, 9.17) is 0 Å². The van der Waals surface area contributed by atoms with Crippen LogP contribution in [0.2, 0.25) is 0 Å². The largest absolute Gasteiger partial charge is 0.340 e. The number of thiophene rings is 2. The van der Waals surface area contributed by atoms with Gasteiger partial charge >= 0.3 is 0 Å². The predicted octanol–water partition coefficient (Wildman–Crippen LogP) is 20.0. The van der Waals surface area contributed by atoms with E-state index in [-0.39, 0.29) is 5.41 Å². The summed E-state index contributed by atoms with van der Waals surface area (Å²) in [4.78, 5) is 13.2. The third kappa shape index (κ3) is 7.37. The molecule has 12 unspecified atom stereocenters. The van der Waals surface area contributed by atoms with Crippen LogP contribution in [0, 0.1) is 52.8 Å². The Morgan fingerprint density at radius 2 is 1.62 bits per heavy atom. The lowest BCUT2D eigenvalue weighted by Gasteiger charge is -2.60. The van der Waals surface area contributed by atoms with Crippen molar-refractivity contribution in [3.05, 3.63) is 147 Å². The molecule has 17 rings (SSSR count).